The number of nitrogens with one attached hydrogen (secondary N) is 1. The van der Waals surface area contributed by atoms with Gasteiger partial charge in [0.15, 0.2) is 17.2 Å². The Morgan fingerprint density at radius 1 is 1.11 bits per heavy atom. The van der Waals surface area contributed by atoms with Crippen molar-refractivity contribution < 1.29 is 28.6 Å². The molecule has 0 bridgehead atoms. The largest absolute Gasteiger partial charge is 0.493 e. The number of imidazole rings is 1. The van der Waals surface area contributed by atoms with Crippen LogP contribution < -0.4 is 14.8 Å². The molecular formula is C26H34N4O6. The third kappa shape index (κ3) is 4.76. The van der Waals surface area contributed by atoms with E-state index in [1.54, 1.807) is 30.6 Å². The summed E-state index contributed by atoms with van der Waals surface area (Å²) < 4.78 is 17.1. The molecule has 10 nitrogen and oxygen atoms in total. The second-order valence-electron chi connectivity index (χ2n) is 9.54. The highest BCUT2D eigenvalue weighted by Crippen LogP contribution is 2.32. The molecule has 0 spiro atoms. The van der Waals surface area contributed by atoms with Gasteiger partial charge in [-0.25, -0.2) is 9.78 Å². The van der Waals surface area contributed by atoms with E-state index in [1.165, 1.54) is 19.9 Å². The van der Waals surface area contributed by atoms with Gasteiger partial charge >= 0.3 is 5.97 Å². The molecule has 1 aromatic heterocycles. The summed E-state index contributed by atoms with van der Waals surface area (Å²) in [4.78, 5) is 45.5. The molecule has 2 amide bonds. The summed E-state index contributed by atoms with van der Waals surface area (Å²) in [5, 5.41) is 3.19. The van der Waals surface area contributed by atoms with Crippen LogP contribution in [-0.4, -0.2) is 71.7 Å². The van der Waals surface area contributed by atoms with Crippen LogP contribution in [0.15, 0.2) is 24.5 Å². The average molecular weight is 499 g/mol. The minimum absolute atomic E-state index is 0.0478. The number of hydrogen-bond donors (Lipinski definition) is 1. The Hall–Kier alpha value is -3.56. The van der Waals surface area contributed by atoms with Crippen molar-refractivity contribution in [2.45, 2.75) is 63.6 Å². The van der Waals surface area contributed by atoms with Gasteiger partial charge in [0.05, 0.1) is 34.2 Å². The lowest BCUT2D eigenvalue weighted by Crippen LogP contribution is -2.65. The van der Waals surface area contributed by atoms with Crippen LogP contribution in [0.5, 0.6) is 11.5 Å². The first-order valence-electron chi connectivity index (χ1n) is 12.3. The van der Waals surface area contributed by atoms with Crippen LogP contribution in [0.4, 0.5) is 0 Å². The molecule has 1 atom stereocenters. The Labute approximate surface area is 210 Å². The molecular weight excluding hydrogens is 464 g/mol. The van der Waals surface area contributed by atoms with E-state index < -0.39 is 17.4 Å². The van der Waals surface area contributed by atoms with Crippen LogP contribution in [0.3, 0.4) is 0 Å². The highest BCUT2D eigenvalue weighted by Gasteiger charge is 2.49. The first-order chi connectivity index (χ1) is 17.3. The molecule has 10 heteroatoms. The fourth-order valence-electron chi connectivity index (χ4n) is 5.15. The van der Waals surface area contributed by atoms with Crippen molar-refractivity contribution in [3.05, 3.63) is 41.5 Å². The maximum absolute atomic E-state index is 13.8. The summed E-state index contributed by atoms with van der Waals surface area (Å²) in [6.07, 6.45) is 7.11. The zero-order valence-electron chi connectivity index (χ0n) is 21.3. The van der Waals surface area contributed by atoms with E-state index in [1.807, 2.05) is 18.2 Å². The number of nitrogens with zero attached hydrogens (tertiary/aromatic N) is 3. The smallest absolute Gasteiger partial charge is 0.359 e. The summed E-state index contributed by atoms with van der Waals surface area (Å²) in [5.74, 6) is -0.121. The first-order valence-corrected chi connectivity index (χ1v) is 12.3. The minimum atomic E-state index is -1.16. The number of aromatic nitrogens is 2. The van der Waals surface area contributed by atoms with Gasteiger partial charge in [-0.2, -0.15) is 0 Å². The molecule has 1 aromatic carbocycles. The lowest BCUT2D eigenvalue weighted by atomic mass is 9.91. The lowest BCUT2D eigenvalue weighted by Gasteiger charge is -2.44. The molecule has 1 aliphatic heterocycles. The second kappa shape index (κ2) is 10.6. The molecule has 2 aromatic rings. The van der Waals surface area contributed by atoms with Gasteiger partial charge in [0.2, 0.25) is 5.91 Å². The fraction of sp³-hybridized carbons (Fsp3) is 0.538. The Balaban J connectivity index is 1.65. The van der Waals surface area contributed by atoms with Crippen LogP contribution in [0.25, 0.3) is 0 Å². The van der Waals surface area contributed by atoms with Gasteiger partial charge in [-0.3, -0.25) is 9.59 Å². The number of ether oxygens (including phenoxy) is 3. The Bertz CT molecular complexity index is 1140. The monoisotopic (exact) mass is 498 g/mol. The van der Waals surface area contributed by atoms with E-state index in [-0.39, 0.29) is 36.4 Å². The van der Waals surface area contributed by atoms with Crippen molar-refractivity contribution in [1.29, 1.82) is 0 Å². The van der Waals surface area contributed by atoms with Gasteiger partial charge in [-0.05, 0) is 43.9 Å². The topological polar surface area (TPSA) is 112 Å². The summed E-state index contributed by atoms with van der Waals surface area (Å²) in [6.45, 7) is 2.22. The second-order valence-corrected chi connectivity index (χ2v) is 9.54. The number of amides is 2. The molecule has 2 aliphatic rings. The molecule has 194 valence electrons. The number of fused-ring (bicyclic) bond motifs is 1. The van der Waals surface area contributed by atoms with E-state index in [9.17, 15) is 14.4 Å². The Kier molecular flexibility index (Phi) is 7.51. The van der Waals surface area contributed by atoms with Crippen molar-refractivity contribution in [3.63, 3.8) is 0 Å². The number of carbonyl (C=O) groups excluding carboxylic acids is 3. The van der Waals surface area contributed by atoms with Crippen LogP contribution in [-0.2, 0) is 22.5 Å². The van der Waals surface area contributed by atoms with Gasteiger partial charge in [0.25, 0.3) is 5.91 Å². The van der Waals surface area contributed by atoms with Crippen molar-refractivity contribution in [3.8, 4) is 11.5 Å². The maximum Gasteiger partial charge on any atom is 0.359 e. The van der Waals surface area contributed by atoms with Crippen LogP contribution >= 0.6 is 0 Å². The quantitative estimate of drug-likeness (QED) is 0.557. The standard InChI is InChI=1S/C26H34N4O6/c1-26(25(33)28-18-8-6-5-7-9-18)15-29-16-27-21(24(32)36-4)22(29)23(31)30(26)13-12-17-10-11-19(34-2)20(14-17)35-3/h10-11,14,16,18H,5-9,12-13,15H2,1-4H3,(H,28,33)/t26-/m1/s1. The first kappa shape index (κ1) is 25.5. The average Bonchev–Trinajstić information content (AvgIpc) is 3.32. The van der Waals surface area contributed by atoms with Crippen molar-refractivity contribution in [2.24, 2.45) is 0 Å². The Morgan fingerprint density at radius 2 is 1.83 bits per heavy atom. The van der Waals surface area contributed by atoms with E-state index in [2.05, 4.69) is 10.3 Å². The minimum Gasteiger partial charge on any atom is -0.493 e. The summed E-state index contributed by atoms with van der Waals surface area (Å²) in [5.41, 5.74) is -0.153. The molecule has 4 rings (SSSR count). The molecule has 1 aliphatic carbocycles. The van der Waals surface area contributed by atoms with E-state index >= 15 is 0 Å². The third-order valence-electron chi connectivity index (χ3n) is 7.24. The molecule has 0 radical (unpaired) electrons. The molecule has 0 unspecified atom stereocenters. The Morgan fingerprint density at radius 3 is 2.50 bits per heavy atom. The number of benzene rings is 1. The van der Waals surface area contributed by atoms with E-state index in [0.29, 0.717) is 17.9 Å². The van der Waals surface area contributed by atoms with Crippen LogP contribution in [0.1, 0.15) is 65.6 Å². The predicted octanol–water partition coefficient (Wildman–Crippen LogP) is 2.59. The van der Waals surface area contributed by atoms with E-state index in [0.717, 1.165) is 31.2 Å². The van der Waals surface area contributed by atoms with Gasteiger partial charge in [-0.1, -0.05) is 25.3 Å². The summed E-state index contributed by atoms with van der Waals surface area (Å²) >= 11 is 0. The molecule has 1 fully saturated rings. The van der Waals surface area contributed by atoms with E-state index in [4.69, 9.17) is 14.2 Å². The normalized spacial score (nSPS) is 20.0. The number of esters is 1. The van der Waals surface area contributed by atoms with Crippen molar-refractivity contribution in [2.75, 3.05) is 27.9 Å². The zero-order chi connectivity index (χ0) is 25.9. The molecule has 0 saturated heterocycles. The van der Waals surface area contributed by atoms with Gasteiger partial charge in [-0.15, -0.1) is 0 Å². The zero-order valence-corrected chi connectivity index (χ0v) is 21.3. The van der Waals surface area contributed by atoms with Crippen LogP contribution in [0, 0.1) is 0 Å². The summed E-state index contributed by atoms with van der Waals surface area (Å²) in [6, 6.07) is 5.67. The number of rotatable bonds is 8. The molecule has 36 heavy (non-hydrogen) atoms. The SMILES string of the molecule is COC(=O)c1ncn2c1C(=O)N(CCc1ccc(OC)c(OC)c1)[C@@](C)(C(=O)NC1CCCCC1)C2. The highest BCUT2D eigenvalue weighted by atomic mass is 16.5. The van der Waals surface area contributed by atoms with Crippen molar-refractivity contribution in [1.82, 2.24) is 19.8 Å². The van der Waals surface area contributed by atoms with Crippen LogP contribution in [0.2, 0.25) is 0 Å². The van der Waals surface area contributed by atoms with Crippen molar-refractivity contribution >= 4 is 17.8 Å². The molecule has 2 heterocycles. The number of methoxy groups -OCH3 is 3. The number of carbonyl (C=O) groups is 3. The predicted molar refractivity (Wildman–Crippen MR) is 131 cm³/mol. The lowest BCUT2D eigenvalue weighted by molar-refractivity contribution is -0.133. The molecule has 1 saturated carbocycles. The van der Waals surface area contributed by atoms with Gasteiger partial charge in [0.1, 0.15) is 11.2 Å². The summed E-state index contributed by atoms with van der Waals surface area (Å²) in [7, 11) is 4.39. The fourth-order valence-corrected chi connectivity index (χ4v) is 5.15. The molecule has 1 N–H and O–H groups in total. The number of hydrogen-bond acceptors (Lipinski definition) is 7. The highest BCUT2D eigenvalue weighted by molar-refractivity contribution is 6.06. The van der Waals surface area contributed by atoms with Gasteiger partial charge in [0, 0.05) is 12.6 Å². The maximum atomic E-state index is 13.8. The van der Waals surface area contributed by atoms with Gasteiger partial charge < -0.3 is 29.0 Å². The third-order valence-corrected chi connectivity index (χ3v) is 7.24.